The van der Waals surface area contributed by atoms with E-state index < -0.39 is 0 Å². The molecule has 4 aromatic rings. The molecule has 5 rings (SSSR count). The number of fused-ring (bicyclic) bond motifs is 1. The van der Waals surface area contributed by atoms with Crippen LogP contribution in [0.2, 0.25) is 0 Å². The summed E-state index contributed by atoms with van der Waals surface area (Å²) in [5.74, 6) is 0.0135. The van der Waals surface area contributed by atoms with E-state index in [0.29, 0.717) is 41.5 Å². The lowest BCUT2D eigenvalue weighted by Gasteiger charge is -2.28. The van der Waals surface area contributed by atoms with Crippen LogP contribution in [0.25, 0.3) is 22.0 Å². The van der Waals surface area contributed by atoms with Gasteiger partial charge in [0.2, 0.25) is 5.95 Å². The fourth-order valence-electron chi connectivity index (χ4n) is 4.05. The van der Waals surface area contributed by atoms with Crippen LogP contribution in [0.3, 0.4) is 0 Å². The van der Waals surface area contributed by atoms with Gasteiger partial charge in [-0.25, -0.2) is 4.98 Å². The quantitative estimate of drug-likeness (QED) is 0.413. The van der Waals surface area contributed by atoms with Crippen molar-refractivity contribution >= 4 is 39.1 Å². The number of para-hydroxylation sites is 1. The number of rotatable bonds is 6. The van der Waals surface area contributed by atoms with Gasteiger partial charge in [0.05, 0.1) is 34.0 Å². The van der Waals surface area contributed by atoms with Gasteiger partial charge in [-0.2, -0.15) is 0 Å². The van der Waals surface area contributed by atoms with Gasteiger partial charge in [0.1, 0.15) is 0 Å². The zero-order chi connectivity index (χ0) is 23.5. The Bertz CT molecular complexity index is 1380. The van der Waals surface area contributed by atoms with Crippen molar-refractivity contribution in [2.24, 2.45) is 0 Å². The van der Waals surface area contributed by atoms with Crippen molar-refractivity contribution in [3.8, 4) is 11.1 Å². The molecular formula is C25H25N5O3S. The second-order valence-corrected chi connectivity index (χ2v) is 8.91. The number of hydrogen-bond acceptors (Lipinski definition) is 7. The Hall–Kier alpha value is -3.69. The van der Waals surface area contributed by atoms with Gasteiger partial charge in [-0.15, -0.1) is 11.3 Å². The molecule has 0 unspecified atom stereocenters. The summed E-state index contributed by atoms with van der Waals surface area (Å²) in [6.45, 7) is 5.18. The fourth-order valence-corrected chi connectivity index (χ4v) is 5.18. The van der Waals surface area contributed by atoms with Crippen molar-refractivity contribution in [3.63, 3.8) is 0 Å². The van der Waals surface area contributed by atoms with E-state index in [1.807, 2.05) is 55.5 Å². The number of nitrogens with one attached hydrogen (secondary N) is 2. The van der Waals surface area contributed by atoms with E-state index in [4.69, 9.17) is 4.74 Å². The van der Waals surface area contributed by atoms with Crippen LogP contribution >= 0.6 is 11.3 Å². The van der Waals surface area contributed by atoms with Crippen molar-refractivity contribution in [1.82, 2.24) is 15.0 Å². The van der Waals surface area contributed by atoms with Gasteiger partial charge in [0, 0.05) is 25.2 Å². The number of morpholine rings is 1. The number of hydrogen-bond donors (Lipinski definition) is 2. The zero-order valence-corrected chi connectivity index (χ0v) is 19.6. The second-order valence-electron chi connectivity index (χ2n) is 7.88. The van der Waals surface area contributed by atoms with E-state index >= 15 is 0 Å². The van der Waals surface area contributed by atoms with Crippen LogP contribution < -0.4 is 21.3 Å². The molecule has 0 atom stereocenters. The second kappa shape index (κ2) is 9.66. The zero-order valence-electron chi connectivity index (χ0n) is 18.8. The van der Waals surface area contributed by atoms with Crippen LogP contribution in [-0.4, -0.2) is 41.8 Å². The lowest BCUT2D eigenvalue weighted by molar-refractivity contribution is 0.0966. The molecule has 0 aliphatic carbocycles. The number of carbonyl (C=O) groups excluding carboxylic acids is 1. The highest BCUT2D eigenvalue weighted by atomic mass is 32.1. The largest absolute Gasteiger partial charge is 0.378 e. The summed E-state index contributed by atoms with van der Waals surface area (Å²) in [6, 6.07) is 19.2. The molecule has 1 aliphatic rings. The molecule has 0 spiro atoms. The molecule has 0 saturated carbocycles. The average molecular weight is 476 g/mol. The summed E-state index contributed by atoms with van der Waals surface area (Å²) in [5, 5.41) is 1.59. The van der Waals surface area contributed by atoms with Crippen LogP contribution in [0.4, 0.5) is 10.9 Å². The first-order valence-electron chi connectivity index (χ1n) is 11.2. The number of anilines is 2. The first kappa shape index (κ1) is 22.1. The fraction of sp³-hybridized carbons (Fsp3) is 0.240. The predicted octanol–water partition coefficient (Wildman–Crippen LogP) is 3.74. The van der Waals surface area contributed by atoms with E-state index in [1.54, 1.807) is 12.1 Å². The van der Waals surface area contributed by atoms with Gasteiger partial charge in [0.25, 0.3) is 11.5 Å². The van der Waals surface area contributed by atoms with Crippen molar-refractivity contribution in [2.75, 3.05) is 36.6 Å². The minimum Gasteiger partial charge on any atom is -0.378 e. The minimum atomic E-state index is -0.285. The van der Waals surface area contributed by atoms with E-state index in [0.717, 1.165) is 29.2 Å². The highest BCUT2D eigenvalue weighted by Gasteiger charge is 2.22. The number of ether oxygens (including phenoxy) is 1. The Kier molecular flexibility index (Phi) is 6.29. The van der Waals surface area contributed by atoms with E-state index in [-0.39, 0.29) is 11.5 Å². The molecule has 174 valence electrons. The molecule has 1 aliphatic heterocycles. The van der Waals surface area contributed by atoms with Gasteiger partial charge in [-0.3, -0.25) is 25.0 Å². The average Bonchev–Trinajstić information content (AvgIpc) is 3.34. The number of aromatic nitrogens is 2. The Morgan fingerprint density at radius 2 is 1.82 bits per heavy atom. The molecule has 34 heavy (non-hydrogen) atoms. The van der Waals surface area contributed by atoms with Crippen LogP contribution in [0, 0.1) is 0 Å². The third-order valence-corrected chi connectivity index (χ3v) is 6.98. The monoisotopic (exact) mass is 475 g/mol. The Morgan fingerprint density at radius 1 is 1.09 bits per heavy atom. The lowest BCUT2D eigenvalue weighted by Crippen LogP contribution is -2.36. The molecule has 0 bridgehead atoms. The Labute approximate surface area is 200 Å². The predicted molar refractivity (Wildman–Crippen MR) is 136 cm³/mol. The van der Waals surface area contributed by atoms with E-state index in [1.165, 1.54) is 15.9 Å². The number of carbonyl (C=O) groups is 1. The standard InChI is InChI=1S/C25H25N5O3S/c1-2-30-23(32)18-10-6-7-11-20(18)26-25(30)28-27-22(31)21-16-19(17-8-4-3-5-9-17)24(34-21)29-12-14-33-15-13-29/h3-11,16H,2,12-15H2,1H3,(H,26,28)(H,27,31). The molecule has 3 heterocycles. The number of nitrogens with zero attached hydrogens (tertiary/aromatic N) is 3. The highest BCUT2D eigenvalue weighted by Crippen LogP contribution is 2.39. The molecular weight excluding hydrogens is 450 g/mol. The Balaban J connectivity index is 1.43. The molecule has 9 heteroatoms. The van der Waals surface area contributed by atoms with Gasteiger partial charge >= 0.3 is 0 Å². The molecule has 2 N–H and O–H groups in total. The summed E-state index contributed by atoms with van der Waals surface area (Å²) < 4.78 is 7.02. The van der Waals surface area contributed by atoms with Gasteiger partial charge in [-0.05, 0) is 30.7 Å². The van der Waals surface area contributed by atoms with Crippen molar-refractivity contribution in [3.05, 3.63) is 75.9 Å². The topological polar surface area (TPSA) is 88.5 Å². The van der Waals surface area contributed by atoms with Crippen molar-refractivity contribution < 1.29 is 9.53 Å². The summed E-state index contributed by atoms with van der Waals surface area (Å²) in [5.41, 5.74) is 8.10. The number of benzene rings is 2. The SMILES string of the molecule is CCn1c(NNC(=O)c2cc(-c3ccccc3)c(N3CCOCC3)s2)nc2ccccc2c1=O. The molecule has 1 amide bonds. The van der Waals surface area contributed by atoms with Crippen molar-refractivity contribution in [2.45, 2.75) is 13.5 Å². The van der Waals surface area contributed by atoms with E-state index in [9.17, 15) is 9.59 Å². The van der Waals surface area contributed by atoms with E-state index in [2.05, 4.69) is 20.7 Å². The summed E-state index contributed by atoms with van der Waals surface area (Å²) in [4.78, 5) is 33.3. The molecule has 1 fully saturated rings. The van der Waals surface area contributed by atoms with Crippen LogP contribution in [0.15, 0.2) is 65.5 Å². The minimum absolute atomic E-state index is 0.151. The molecule has 8 nitrogen and oxygen atoms in total. The molecule has 2 aromatic carbocycles. The van der Waals surface area contributed by atoms with Gasteiger partial charge in [0.15, 0.2) is 0 Å². The van der Waals surface area contributed by atoms with Crippen molar-refractivity contribution in [1.29, 1.82) is 0 Å². The van der Waals surface area contributed by atoms with Crippen LogP contribution in [0.1, 0.15) is 16.6 Å². The number of amides is 1. The van der Waals surface area contributed by atoms with Crippen LogP contribution in [0.5, 0.6) is 0 Å². The van der Waals surface area contributed by atoms with Crippen LogP contribution in [-0.2, 0) is 11.3 Å². The highest BCUT2D eigenvalue weighted by molar-refractivity contribution is 7.18. The summed E-state index contributed by atoms with van der Waals surface area (Å²) in [6.07, 6.45) is 0. The molecule has 2 aromatic heterocycles. The summed E-state index contributed by atoms with van der Waals surface area (Å²) in [7, 11) is 0. The normalized spacial score (nSPS) is 13.7. The Morgan fingerprint density at radius 3 is 2.59 bits per heavy atom. The third-order valence-electron chi connectivity index (χ3n) is 5.79. The number of thiophene rings is 1. The third kappa shape index (κ3) is 4.27. The maximum atomic E-state index is 13.1. The number of hydrazine groups is 1. The smallest absolute Gasteiger partial charge is 0.279 e. The molecule has 1 saturated heterocycles. The van der Waals surface area contributed by atoms with Gasteiger partial charge < -0.3 is 9.64 Å². The first-order chi connectivity index (χ1) is 16.7. The van der Waals surface area contributed by atoms with Gasteiger partial charge in [-0.1, -0.05) is 42.5 Å². The molecule has 0 radical (unpaired) electrons. The first-order valence-corrected chi connectivity index (χ1v) is 12.0. The lowest BCUT2D eigenvalue weighted by atomic mass is 10.1. The maximum absolute atomic E-state index is 13.1. The maximum Gasteiger partial charge on any atom is 0.279 e. The summed E-state index contributed by atoms with van der Waals surface area (Å²) >= 11 is 1.45.